The number of hydrogen-bond acceptors (Lipinski definition) is 5. The number of nitrogens with zero attached hydrogens (tertiary/aromatic N) is 1. The molecule has 0 bridgehead atoms. The number of carbonyl (C=O) groups excluding carboxylic acids is 1. The van der Waals surface area contributed by atoms with Crippen molar-refractivity contribution < 1.29 is 35.3 Å². The molecule has 0 aliphatic rings. The molecule has 0 radical (unpaired) electrons. The lowest BCUT2D eigenvalue weighted by Gasteiger charge is -2.27. The van der Waals surface area contributed by atoms with Gasteiger partial charge < -0.3 is 13.8 Å². The number of halogens is 3. The van der Waals surface area contributed by atoms with E-state index in [-0.39, 0.29) is 30.0 Å². The van der Waals surface area contributed by atoms with Crippen molar-refractivity contribution in [3.63, 3.8) is 0 Å². The molecule has 0 aliphatic heterocycles. The fourth-order valence-corrected chi connectivity index (χ4v) is 3.85. The number of carbonyl (C=O) groups is 1. The van der Waals surface area contributed by atoms with Crippen LogP contribution in [0.2, 0.25) is 0 Å². The maximum Gasteiger partial charge on any atom is 0.416 e. The van der Waals surface area contributed by atoms with Crippen LogP contribution in [-0.4, -0.2) is 32.4 Å². The Labute approximate surface area is 179 Å². The molecule has 170 valence electrons. The summed E-state index contributed by atoms with van der Waals surface area (Å²) in [6.07, 6.45) is -3.97. The van der Waals surface area contributed by atoms with E-state index in [4.69, 9.17) is 8.92 Å². The molecular formula is C21H24F3NO5S. The monoisotopic (exact) mass is 459 g/mol. The van der Waals surface area contributed by atoms with E-state index in [0.717, 1.165) is 24.6 Å². The van der Waals surface area contributed by atoms with Crippen LogP contribution in [0.1, 0.15) is 38.3 Å². The fraction of sp³-hybridized carbons (Fsp3) is 0.381. The molecule has 2 rings (SSSR count). The average molecular weight is 459 g/mol. The van der Waals surface area contributed by atoms with Crippen molar-refractivity contribution in [3.8, 4) is 11.5 Å². The summed E-state index contributed by atoms with van der Waals surface area (Å²) in [4.78, 5) is 12.9. The van der Waals surface area contributed by atoms with Crippen LogP contribution in [-0.2, 0) is 27.6 Å². The minimum Gasteiger partial charge on any atom is -0.493 e. The van der Waals surface area contributed by atoms with Gasteiger partial charge in [0, 0.05) is 19.5 Å². The lowest BCUT2D eigenvalue weighted by atomic mass is 10.1. The molecule has 1 atom stereocenters. The smallest absolute Gasteiger partial charge is 0.416 e. The van der Waals surface area contributed by atoms with Crippen LogP contribution in [0.3, 0.4) is 0 Å². The van der Waals surface area contributed by atoms with E-state index in [9.17, 15) is 26.4 Å². The topological polar surface area (TPSA) is 72.9 Å². The Kier molecular flexibility index (Phi) is 7.58. The van der Waals surface area contributed by atoms with Crippen molar-refractivity contribution in [1.29, 1.82) is 0 Å². The van der Waals surface area contributed by atoms with Crippen molar-refractivity contribution in [2.75, 3.05) is 7.11 Å². The Hall–Kier alpha value is -2.75. The van der Waals surface area contributed by atoms with Crippen LogP contribution in [0.5, 0.6) is 11.5 Å². The van der Waals surface area contributed by atoms with Gasteiger partial charge in [0.1, 0.15) is 4.90 Å². The van der Waals surface area contributed by atoms with E-state index in [1.54, 1.807) is 11.0 Å². The number of benzene rings is 2. The molecule has 2 aromatic rings. The second-order valence-corrected chi connectivity index (χ2v) is 8.50. The molecule has 0 saturated carbocycles. The van der Waals surface area contributed by atoms with Gasteiger partial charge in [0.15, 0.2) is 11.5 Å². The van der Waals surface area contributed by atoms with Gasteiger partial charge in [-0.1, -0.05) is 19.1 Å². The summed E-state index contributed by atoms with van der Waals surface area (Å²) in [6, 6.07) is 7.75. The molecule has 6 nitrogen and oxygen atoms in total. The number of methoxy groups -OCH3 is 1. The maximum absolute atomic E-state index is 12.9. The molecule has 1 amide bonds. The molecule has 0 saturated heterocycles. The normalized spacial score (nSPS) is 12.9. The number of amides is 1. The summed E-state index contributed by atoms with van der Waals surface area (Å²) in [7, 11) is -3.27. The molecule has 0 aliphatic carbocycles. The summed E-state index contributed by atoms with van der Waals surface area (Å²) in [6.45, 7) is 5.46. The second kappa shape index (κ2) is 9.59. The first kappa shape index (κ1) is 24.5. The third-order valence-corrected chi connectivity index (χ3v) is 5.99. The molecule has 2 aromatic carbocycles. The van der Waals surface area contributed by atoms with Crippen LogP contribution in [0, 0.1) is 0 Å². The van der Waals surface area contributed by atoms with Crippen LogP contribution < -0.4 is 8.92 Å². The number of rotatable bonds is 8. The van der Waals surface area contributed by atoms with Crippen molar-refractivity contribution in [2.24, 2.45) is 0 Å². The molecule has 0 spiro atoms. The molecule has 31 heavy (non-hydrogen) atoms. The van der Waals surface area contributed by atoms with Gasteiger partial charge in [-0.05, 0) is 49.2 Å². The van der Waals surface area contributed by atoms with Crippen molar-refractivity contribution in [2.45, 2.75) is 50.9 Å². The van der Waals surface area contributed by atoms with Crippen LogP contribution in [0.15, 0.2) is 47.4 Å². The third kappa shape index (κ3) is 6.13. The van der Waals surface area contributed by atoms with Gasteiger partial charge in [-0.3, -0.25) is 4.79 Å². The largest absolute Gasteiger partial charge is 0.493 e. The zero-order valence-electron chi connectivity index (χ0n) is 17.6. The number of ether oxygens (including phenoxy) is 1. The highest BCUT2D eigenvalue weighted by Crippen LogP contribution is 2.34. The van der Waals surface area contributed by atoms with E-state index in [1.165, 1.54) is 26.2 Å². The molecular weight excluding hydrogens is 435 g/mol. The second-order valence-electron chi connectivity index (χ2n) is 6.95. The quantitative estimate of drug-likeness (QED) is 0.539. The Morgan fingerprint density at radius 2 is 1.81 bits per heavy atom. The van der Waals surface area contributed by atoms with Gasteiger partial charge in [-0.15, -0.1) is 0 Å². The van der Waals surface area contributed by atoms with Crippen LogP contribution >= 0.6 is 0 Å². The first-order valence-corrected chi connectivity index (χ1v) is 10.9. The Morgan fingerprint density at radius 3 is 2.35 bits per heavy atom. The molecule has 0 aromatic heterocycles. The predicted molar refractivity (Wildman–Crippen MR) is 108 cm³/mol. The summed E-state index contributed by atoms with van der Waals surface area (Å²) in [5.41, 5.74) is -0.533. The first-order chi connectivity index (χ1) is 14.4. The number of hydrogen-bond donors (Lipinski definition) is 0. The predicted octanol–water partition coefficient (Wildman–Crippen LogP) is 4.63. The maximum atomic E-state index is 12.9. The minimum absolute atomic E-state index is 0.0437. The lowest BCUT2D eigenvalue weighted by Crippen LogP contribution is -2.36. The lowest BCUT2D eigenvalue weighted by molar-refractivity contribution is -0.137. The van der Waals surface area contributed by atoms with Gasteiger partial charge in [0.2, 0.25) is 5.91 Å². The van der Waals surface area contributed by atoms with E-state index < -0.39 is 26.8 Å². The van der Waals surface area contributed by atoms with Gasteiger partial charge in [0.25, 0.3) is 0 Å². The van der Waals surface area contributed by atoms with Gasteiger partial charge in [0.05, 0.1) is 12.7 Å². The van der Waals surface area contributed by atoms with E-state index in [0.29, 0.717) is 11.6 Å². The molecule has 0 fully saturated rings. The van der Waals surface area contributed by atoms with Crippen molar-refractivity contribution in [3.05, 3.63) is 53.6 Å². The summed E-state index contributed by atoms with van der Waals surface area (Å²) in [5.74, 6) is -0.258. The standard InChI is InChI=1S/C21H24F3NO5S/c1-5-14(2)25(15(3)26)13-16-9-10-19(29-4)20(11-16)30-31(27,28)18-8-6-7-17(12-18)21(22,23)24/h6-12,14H,5,13H2,1-4H3/t14-/m1/s1. The van der Waals surface area contributed by atoms with Gasteiger partial charge in [-0.2, -0.15) is 21.6 Å². The summed E-state index contributed by atoms with van der Waals surface area (Å²) >= 11 is 0. The summed E-state index contributed by atoms with van der Waals surface area (Å²) < 4.78 is 74.4. The molecule has 0 N–H and O–H groups in total. The highest BCUT2D eigenvalue weighted by molar-refractivity contribution is 7.87. The highest BCUT2D eigenvalue weighted by atomic mass is 32.2. The van der Waals surface area contributed by atoms with E-state index in [2.05, 4.69) is 0 Å². The highest BCUT2D eigenvalue weighted by Gasteiger charge is 2.32. The van der Waals surface area contributed by atoms with Gasteiger partial charge >= 0.3 is 16.3 Å². The van der Waals surface area contributed by atoms with E-state index >= 15 is 0 Å². The minimum atomic E-state index is -4.70. The van der Waals surface area contributed by atoms with Crippen LogP contribution in [0.25, 0.3) is 0 Å². The molecule has 10 heteroatoms. The first-order valence-electron chi connectivity index (χ1n) is 9.45. The number of alkyl halides is 3. The Bertz CT molecular complexity index is 1040. The van der Waals surface area contributed by atoms with Crippen LogP contribution in [0.4, 0.5) is 13.2 Å². The van der Waals surface area contributed by atoms with E-state index in [1.807, 2.05) is 13.8 Å². The van der Waals surface area contributed by atoms with Crippen molar-refractivity contribution in [1.82, 2.24) is 4.90 Å². The Balaban J connectivity index is 2.39. The SMILES string of the molecule is CC[C@@H](C)N(Cc1ccc(OC)c(OS(=O)(=O)c2cccc(C(F)(F)F)c2)c1)C(C)=O. The molecule has 0 unspecified atom stereocenters. The zero-order chi connectivity index (χ0) is 23.4. The van der Waals surface area contributed by atoms with Gasteiger partial charge in [-0.25, -0.2) is 0 Å². The fourth-order valence-electron chi connectivity index (χ4n) is 2.87. The summed E-state index contributed by atoms with van der Waals surface area (Å²) in [5, 5.41) is 0. The third-order valence-electron chi connectivity index (χ3n) is 4.76. The Morgan fingerprint density at radius 1 is 1.13 bits per heavy atom. The van der Waals surface area contributed by atoms with Crippen molar-refractivity contribution >= 4 is 16.0 Å². The zero-order valence-corrected chi connectivity index (χ0v) is 18.4. The molecule has 0 heterocycles. The average Bonchev–Trinajstić information content (AvgIpc) is 2.70.